The van der Waals surface area contributed by atoms with E-state index in [9.17, 15) is 4.79 Å². The molecule has 20 heavy (non-hydrogen) atoms. The Kier molecular flexibility index (Phi) is 6.85. The molecule has 0 aromatic carbocycles. The van der Waals surface area contributed by atoms with Crippen molar-refractivity contribution >= 4 is 5.97 Å². The second kappa shape index (κ2) is 8.66. The molecule has 1 aliphatic carbocycles. The van der Waals surface area contributed by atoms with Gasteiger partial charge in [0.25, 0.3) is 0 Å². The molecule has 0 aromatic rings. The first kappa shape index (κ1) is 15.8. The third kappa shape index (κ3) is 4.76. The number of hydrogen-bond donors (Lipinski definition) is 1. The van der Waals surface area contributed by atoms with Gasteiger partial charge in [-0.1, -0.05) is 44.9 Å². The SMILES string of the molecule is CCOC(=O)[C@H]1CC[C@@H](C2CCCCCCCCC2)N1. The number of carbonyl (C=O) groups is 1. The van der Waals surface area contributed by atoms with Crippen LogP contribution in [0.15, 0.2) is 0 Å². The van der Waals surface area contributed by atoms with Crippen molar-refractivity contribution < 1.29 is 9.53 Å². The van der Waals surface area contributed by atoms with Crippen LogP contribution in [0.3, 0.4) is 0 Å². The average Bonchev–Trinajstić information content (AvgIpc) is 2.94. The zero-order chi connectivity index (χ0) is 14.2. The number of nitrogens with one attached hydrogen (secondary N) is 1. The van der Waals surface area contributed by atoms with Gasteiger partial charge in [-0.25, -0.2) is 0 Å². The van der Waals surface area contributed by atoms with E-state index in [4.69, 9.17) is 4.74 Å². The zero-order valence-electron chi connectivity index (χ0n) is 13.0. The Morgan fingerprint density at radius 3 is 2.15 bits per heavy atom. The number of carbonyl (C=O) groups excluding carboxylic acids is 1. The molecule has 0 amide bonds. The lowest BCUT2D eigenvalue weighted by Gasteiger charge is -2.25. The van der Waals surface area contributed by atoms with Gasteiger partial charge in [0.1, 0.15) is 6.04 Å². The maximum atomic E-state index is 11.8. The minimum atomic E-state index is -0.0464. The van der Waals surface area contributed by atoms with Crippen molar-refractivity contribution in [1.82, 2.24) is 5.32 Å². The molecule has 0 unspecified atom stereocenters. The second-order valence-electron chi connectivity index (χ2n) is 6.47. The molecule has 2 fully saturated rings. The number of hydrogen-bond acceptors (Lipinski definition) is 3. The summed E-state index contributed by atoms with van der Waals surface area (Å²) in [6, 6.07) is 0.499. The lowest BCUT2D eigenvalue weighted by molar-refractivity contribution is -0.145. The van der Waals surface area contributed by atoms with Crippen LogP contribution in [-0.4, -0.2) is 24.7 Å². The van der Waals surface area contributed by atoms with Crippen molar-refractivity contribution in [1.29, 1.82) is 0 Å². The van der Waals surface area contributed by atoms with Crippen LogP contribution < -0.4 is 5.32 Å². The molecular formula is C17H31NO2. The predicted octanol–water partition coefficient (Wildman–Crippen LogP) is 3.81. The molecule has 116 valence electrons. The van der Waals surface area contributed by atoms with Crippen LogP contribution in [-0.2, 0) is 9.53 Å². The van der Waals surface area contributed by atoms with Gasteiger partial charge in [0.15, 0.2) is 0 Å². The average molecular weight is 281 g/mol. The molecule has 1 saturated heterocycles. The van der Waals surface area contributed by atoms with Crippen LogP contribution >= 0.6 is 0 Å². The lowest BCUT2D eigenvalue weighted by atomic mass is 9.86. The Morgan fingerprint density at radius 1 is 0.950 bits per heavy atom. The predicted molar refractivity (Wildman–Crippen MR) is 81.6 cm³/mol. The van der Waals surface area contributed by atoms with Crippen LogP contribution in [0.2, 0.25) is 0 Å². The van der Waals surface area contributed by atoms with Gasteiger partial charge in [-0.2, -0.15) is 0 Å². The number of rotatable bonds is 3. The quantitative estimate of drug-likeness (QED) is 0.799. The van der Waals surface area contributed by atoms with Crippen LogP contribution in [0, 0.1) is 5.92 Å². The molecule has 3 heteroatoms. The van der Waals surface area contributed by atoms with E-state index in [0.29, 0.717) is 12.6 Å². The van der Waals surface area contributed by atoms with Crippen LogP contribution in [0.1, 0.15) is 77.6 Å². The summed E-state index contributed by atoms with van der Waals surface area (Å²) in [6.45, 7) is 2.37. The van der Waals surface area contributed by atoms with Crippen molar-refractivity contribution in [2.24, 2.45) is 5.92 Å². The molecule has 2 rings (SSSR count). The number of esters is 1. The van der Waals surface area contributed by atoms with E-state index in [1.165, 1.54) is 57.8 Å². The molecule has 1 heterocycles. The summed E-state index contributed by atoms with van der Waals surface area (Å²) in [5.74, 6) is 0.724. The standard InChI is InChI=1S/C17H31NO2/c1-2-20-17(19)16-13-12-15(18-16)14-10-8-6-4-3-5-7-9-11-14/h14-16,18H,2-13H2,1H3/t15-,16+/m0/s1. The van der Waals surface area contributed by atoms with Gasteiger partial charge in [-0.15, -0.1) is 0 Å². The highest BCUT2D eigenvalue weighted by molar-refractivity contribution is 5.76. The van der Waals surface area contributed by atoms with Gasteiger partial charge >= 0.3 is 5.97 Å². The van der Waals surface area contributed by atoms with Crippen molar-refractivity contribution in [3.05, 3.63) is 0 Å². The summed E-state index contributed by atoms with van der Waals surface area (Å²) >= 11 is 0. The van der Waals surface area contributed by atoms with Crippen molar-refractivity contribution in [3.63, 3.8) is 0 Å². The fraction of sp³-hybridized carbons (Fsp3) is 0.941. The van der Waals surface area contributed by atoms with Crippen molar-refractivity contribution in [2.75, 3.05) is 6.61 Å². The fourth-order valence-corrected chi connectivity index (χ4v) is 3.82. The second-order valence-corrected chi connectivity index (χ2v) is 6.47. The molecule has 2 atom stereocenters. The minimum Gasteiger partial charge on any atom is -0.465 e. The largest absolute Gasteiger partial charge is 0.465 e. The Balaban J connectivity index is 1.81. The first-order valence-electron chi connectivity index (χ1n) is 8.74. The summed E-state index contributed by atoms with van der Waals surface area (Å²) in [5.41, 5.74) is 0. The molecule has 0 radical (unpaired) electrons. The van der Waals surface area contributed by atoms with Crippen LogP contribution in [0.4, 0.5) is 0 Å². The fourth-order valence-electron chi connectivity index (χ4n) is 3.82. The normalized spacial score (nSPS) is 30.1. The summed E-state index contributed by atoms with van der Waals surface area (Å²) in [7, 11) is 0. The highest BCUT2D eigenvalue weighted by Crippen LogP contribution is 2.29. The van der Waals surface area contributed by atoms with Gasteiger partial charge in [0, 0.05) is 6.04 Å². The Hall–Kier alpha value is -0.570. The molecule has 0 aromatic heterocycles. The first-order valence-corrected chi connectivity index (χ1v) is 8.74. The lowest BCUT2D eigenvalue weighted by Crippen LogP contribution is -2.40. The topological polar surface area (TPSA) is 38.3 Å². The van der Waals surface area contributed by atoms with E-state index >= 15 is 0 Å². The Labute approximate surface area is 123 Å². The van der Waals surface area contributed by atoms with Gasteiger partial charge in [-0.05, 0) is 38.5 Å². The van der Waals surface area contributed by atoms with E-state index in [-0.39, 0.29) is 12.0 Å². The monoisotopic (exact) mass is 281 g/mol. The number of ether oxygens (including phenoxy) is 1. The highest BCUT2D eigenvalue weighted by atomic mass is 16.5. The Bertz CT molecular complexity index is 283. The molecule has 3 nitrogen and oxygen atoms in total. The van der Waals surface area contributed by atoms with E-state index in [0.717, 1.165) is 18.8 Å². The zero-order valence-corrected chi connectivity index (χ0v) is 13.0. The molecule has 1 N–H and O–H groups in total. The molecule has 0 spiro atoms. The molecule has 1 saturated carbocycles. The van der Waals surface area contributed by atoms with Crippen molar-refractivity contribution in [2.45, 2.75) is 89.6 Å². The first-order chi connectivity index (χ1) is 9.81. The van der Waals surface area contributed by atoms with Gasteiger partial charge in [0.05, 0.1) is 6.61 Å². The molecule has 1 aliphatic heterocycles. The Morgan fingerprint density at radius 2 is 1.55 bits per heavy atom. The third-order valence-electron chi connectivity index (χ3n) is 4.97. The minimum absolute atomic E-state index is 0.0460. The maximum absolute atomic E-state index is 11.8. The third-order valence-corrected chi connectivity index (χ3v) is 4.97. The van der Waals surface area contributed by atoms with Crippen molar-refractivity contribution in [3.8, 4) is 0 Å². The van der Waals surface area contributed by atoms with Gasteiger partial charge < -0.3 is 10.1 Å². The van der Waals surface area contributed by atoms with E-state index in [2.05, 4.69) is 5.32 Å². The summed E-state index contributed by atoms with van der Waals surface area (Å²) in [6.07, 6.45) is 14.6. The van der Waals surface area contributed by atoms with E-state index < -0.39 is 0 Å². The van der Waals surface area contributed by atoms with E-state index in [1.54, 1.807) is 0 Å². The summed E-state index contributed by atoms with van der Waals surface area (Å²) in [5, 5.41) is 3.55. The van der Waals surface area contributed by atoms with Crippen LogP contribution in [0.25, 0.3) is 0 Å². The molecule has 2 aliphatic rings. The van der Waals surface area contributed by atoms with Crippen LogP contribution in [0.5, 0.6) is 0 Å². The maximum Gasteiger partial charge on any atom is 0.323 e. The van der Waals surface area contributed by atoms with Gasteiger partial charge in [0.2, 0.25) is 0 Å². The van der Waals surface area contributed by atoms with E-state index in [1.807, 2.05) is 6.92 Å². The molecule has 0 bridgehead atoms. The summed E-state index contributed by atoms with van der Waals surface area (Å²) in [4.78, 5) is 11.8. The smallest absolute Gasteiger partial charge is 0.323 e. The van der Waals surface area contributed by atoms with Gasteiger partial charge in [-0.3, -0.25) is 4.79 Å². The molecular weight excluding hydrogens is 250 g/mol. The summed E-state index contributed by atoms with van der Waals surface area (Å²) < 4.78 is 5.14. The highest BCUT2D eigenvalue weighted by Gasteiger charge is 2.33.